The minimum Gasteiger partial charge on any atom is -0.379 e. The second-order valence-corrected chi connectivity index (χ2v) is 6.11. The molecule has 5 nitrogen and oxygen atoms in total. The zero-order valence-electron chi connectivity index (χ0n) is 13.5. The molecular formula is C15H31N3O2. The van der Waals surface area contributed by atoms with Crippen molar-refractivity contribution in [3.63, 3.8) is 0 Å². The summed E-state index contributed by atoms with van der Waals surface area (Å²) in [4.78, 5) is 16.4. The van der Waals surface area contributed by atoms with Gasteiger partial charge >= 0.3 is 0 Å². The molecule has 1 aliphatic heterocycles. The predicted octanol–water partition coefficient (Wildman–Crippen LogP) is 0.944. The van der Waals surface area contributed by atoms with Crippen molar-refractivity contribution >= 4 is 5.91 Å². The van der Waals surface area contributed by atoms with Gasteiger partial charge in [0.15, 0.2) is 0 Å². The molecule has 0 aliphatic carbocycles. The molecule has 0 spiro atoms. The number of hydrogen-bond acceptors (Lipinski definition) is 4. The lowest BCUT2D eigenvalue weighted by Gasteiger charge is -2.34. The molecule has 1 aliphatic rings. The average molecular weight is 285 g/mol. The van der Waals surface area contributed by atoms with Crippen LogP contribution in [0.5, 0.6) is 0 Å². The molecule has 0 aromatic carbocycles. The van der Waals surface area contributed by atoms with Crippen LogP contribution in [0.4, 0.5) is 0 Å². The Bertz CT molecular complexity index is 274. The molecule has 1 saturated heterocycles. The first-order valence-electron chi connectivity index (χ1n) is 7.83. The van der Waals surface area contributed by atoms with Crippen molar-refractivity contribution in [1.82, 2.24) is 15.1 Å². The van der Waals surface area contributed by atoms with Crippen LogP contribution in [-0.4, -0.2) is 73.7 Å². The second-order valence-electron chi connectivity index (χ2n) is 6.11. The summed E-state index contributed by atoms with van der Waals surface area (Å²) in [6.07, 6.45) is 1.41. The van der Waals surface area contributed by atoms with E-state index >= 15 is 0 Å². The molecular weight excluding hydrogens is 254 g/mol. The summed E-state index contributed by atoms with van der Waals surface area (Å²) in [6, 6.07) is 0.227. The van der Waals surface area contributed by atoms with E-state index in [1.165, 1.54) is 0 Å². The van der Waals surface area contributed by atoms with Crippen LogP contribution in [0.1, 0.15) is 34.1 Å². The van der Waals surface area contributed by atoms with E-state index < -0.39 is 0 Å². The lowest BCUT2D eigenvalue weighted by Crippen LogP contribution is -2.50. The number of nitrogens with one attached hydrogen (secondary N) is 1. The van der Waals surface area contributed by atoms with Crippen LogP contribution in [0, 0.1) is 0 Å². The molecule has 1 fully saturated rings. The Balaban J connectivity index is 2.09. The summed E-state index contributed by atoms with van der Waals surface area (Å²) in [5.74, 6) is 0.138. The molecule has 1 amide bonds. The highest BCUT2D eigenvalue weighted by Crippen LogP contribution is 2.03. The van der Waals surface area contributed by atoms with Gasteiger partial charge in [0, 0.05) is 45.4 Å². The van der Waals surface area contributed by atoms with E-state index in [2.05, 4.69) is 29.0 Å². The number of piperazine rings is 1. The maximum atomic E-state index is 11.7. The third-order valence-electron chi connectivity index (χ3n) is 3.35. The number of rotatable bonds is 8. The fourth-order valence-corrected chi connectivity index (χ4v) is 2.35. The predicted molar refractivity (Wildman–Crippen MR) is 81.9 cm³/mol. The summed E-state index contributed by atoms with van der Waals surface area (Å²) in [5, 5.41) is 2.94. The van der Waals surface area contributed by atoms with Gasteiger partial charge in [0.25, 0.3) is 0 Å². The van der Waals surface area contributed by atoms with Crippen LogP contribution in [0.15, 0.2) is 0 Å². The van der Waals surface area contributed by atoms with Gasteiger partial charge in [-0.3, -0.25) is 9.69 Å². The molecule has 0 unspecified atom stereocenters. The first-order valence-corrected chi connectivity index (χ1v) is 7.83. The number of amides is 1. The first-order chi connectivity index (χ1) is 9.47. The maximum Gasteiger partial charge on any atom is 0.234 e. The Kier molecular flexibility index (Phi) is 8.11. The van der Waals surface area contributed by atoms with E-state index in [4.69, 9.17) is 4.74 Å². The normalized spacial score (nSPS) is 17.9. The van der Waals surface area contributed by atoms with Crippen LogP contribution >= 0.6 is 0 Å². The lowest BCUT2D eigenvalue weighted by atomic mass is 10.3. The molecule has 0 radical (unpaired) electrons. The Morgan fingerprint density at radius 3 is 2.25 bits per heavy atom. The highest BCUT2D eigenvalue weighted by molar-refractivity contribution is 5.78. The summed E-state index contributed by atoms with van der Waals surface area (Å²) in [5.41, 5.74) is 0. The van der Waals surface area contributed by atoms with Crippen molar-refractivity contribution in [2.75, 3.05) is 45.9 Å². The van der Waals surface area contributed by atoms with Crippen LogP contribution in [0.3, 0.4) is 0 Å². The number of ether oxygens (including phenoxy) is 1. The van der Waals surface area contributed by atoms with Gasteiger partial charge in [-0.25, -0.2) is 0 Å². The molecule has 1 heterocycles. The van der Waals surface area contributed by atoms with E-state index in [-0.39, 0.29) is 11.9 Å². The van der Waals surface area contributed by atoms with Gasteiger partial charge in [0.2, 0.25) is 5.91 Å². The zero-order chi connectivity index (χ0) is 15.0. The van der Waals surface area contributed by atoms with Crippen LogP contribution in [-0.2, 0) is 9.53 Å². The van der Waals surface area contributed by atoms with Crippen LogP contribution in [0.25, 0.3) is 0 Å². The van der Waals surface area contributed by atoms with Gasteiger partial charge in [-0.1, -0.05) is 0 Å². The minimum atomic E-state index is 0.138. The van der Waals surface area contributed by atoms with Crippen LogP contribution in [0.2, 0.25) is 0 Å². The molecule has 1 N–H and O–H groups in total. The number of hydrogen-bond donors (Lipinski definition) is 1. The van der Waals surface area contributed by atoms with Gasteiger partial charge in [-0.05, 0) is 34.1 Å². The highest BCUT2D eigenvalue weighted by atomic mass is 16.5. The lowest BCUT2D eigenvalue weighted by molar-refractivity contribution is -0.123. The molecule has 0 atom stereocenters. The monoisotopic (exact) mass is 285 g/mol. The van der Waals surface area contributed by atoms with Crippen molar-refractivity contribution in [2.45, 2.75) is 46.3 Å². The van der Waals surface area contributed by atoms with Crippen molar-refractivity contribution < 1.29 is 9.53 Å². The highest BCUT2D eigenvalue weighted by Gasteiger charge is 2.18. The van der Waals surface area contributed by atoms with Crippen molar-refractivity contribution in [3.8, 4) is 0 Å². The quantitative estimate of drug-likeness (QED) is 0.674. The maximum absolute atomic E-state index is 11.7. The first kappa shape index (κ1) is 17.4. The van der Waals surface area contributed by atoms with Gasteiger partial charge in [0.1, 0.15) is 0 Å². The average Bonchev–Trinajstić information content (AvgIpc) is 2.35. The van der Waals surface area contributed by atoms with E-state index in [9.17, 15) is 4.79 Å². The number of carbonyl (C=O) groups is 1. The Morgan fingerprint density at radius 2 is 1.70 bits per heavy atom. The molecule has 0 bridgehead atoms. The third kappa shape index (κ3) is 7.82. The molecule has 20 heavy (non-hydrogen) atoms. The van der Waals surface area contributed by atoms with E-state index in [0.717, 1.165) is 45.8 Å². The minimum absolute atomic E-state index is 0.138. The molecule has 0 aromatic heterocycles. The van der Waals surface area contributed by atoms with E-state index in [1.807, 2.05) is 13.8 Å². The molecule has 5 heteroatoms. The van der Waals surface area contributed by atoms with E-state index in [0.29, 0.717) is 12.6 Å². The van der Waals surface area contributed by atoms with E-state index in [1.54, 1.807) is 0 Å². The SMILES string of the molecule is CC(C)NC(=O)CN1CCN(CCCOC(C)C)CC1. The Hall–Kier alpha value is -0.650. The van der Waals surface area contributed by atoms with Crippen molar-refractivity contribution in [1.29, 1.82) is 0 Å². The zero-order valence-corrected chi connectivity index (χ0v) is 13.5. The number of carbonyl (C=O) groups excluding carboxylic acids is 1. The fourth-order valence-electron chi connectivity index (χ4n) is 2.35. The summed E-state index contributed by atoms with van der Waals surface area (Å²) in [6.45, 7) is 14.7. The Labute approximate surface area is 123 Å². The summed E-state index contributed by atoms with van der Waals surface area (Å²) < 4.78 is 5.55. The van der Waals surface area contributed by atoms with Gasteiger partial charge in [-0.2, -0.15) is 0 Å². The summed E-state index contributed by atoms with van der Waals surface area (Å²) >= 11 is 0. The Morgan fingerprint density at radius 1 is 1.10 bits per heavy atom. The smallest absolute Gasteiger partial charge is 0.234 e. The van der Waals surface area contributed by atoms with Crippen LogP contribution < -0.4 is 5.32 Å². The summed E-state index contributed by atoms with van der Waals surface area (Å²) in [7, 11) is 0. The molecule has 0 saturated carbocycles. The van der Waals surface area contributed by atoms with Crippen molar-refractivity contribution in [2.24, 2.45) is 0 Å². The molecule has 1 rings (SSSR count). The largest absolute Gasteiger partial charge is 0.379 e. The molecule has 0 aromatic rings. The van der Waals surface area contributed by atoms with Gasteiger partial charge in [0.05, 0.1) is 12.6 Å². The van der Waals surface area contributed by atoms with Gasteiger partial charge < -0.3 is 15.0 Å². The molecule has 118 valence electrons. The number of nitrogens with zero attached hydrogens (tertiary/aromatic N) is 2. The third-order valence-corrected chi connectivity index (χ3v) is 3.35. The fraction of sp³-hybridized carbons (Fsp3) is 0.933. The topological polar surface area (TPSA) is 44.8 Å². The standard InChI is InChI=1S/C15H31N3O2/c1-13(2)16-15(19)12-18-9-7-17(8-10-18)6-5-11-20-14(3)4/h13-14H,5-12H2,1-4H3,(H,16,19). The second kappa shape index (κ2) is 9.32. The van der Waals surface area contributed by atoms with Gasteiger partial charge in [-0.15, -0.1) is 0 Å². The van der Waals surface area contributed by atoms with Crippen molar-refractivity contribution in [3.05, 3.63) is 0 Å².